The van der Waals surface area contributed by atoms with Crippen LogP contribution >= 0.6 is 0 Å². The van der Waals surface area contributed by atoms with Crippen LogP contribution in [0.3, 0.4) is 0 Å². The highest BCUT2D eigenvalue weighted by molar-refractivity contribution is 6.01. The lowest BCUT2D eigenvalue weighted by atomic mass is 10.1. The summed E-state index contributed by atoms with van der Waals surface area (Å²) in [6.07, 6.45) is 7.28. The molecule has 0 aliphatic heterocycles. The molecule has 3 aromatic rings. The second kappa shape index (κ2) is 79.8. The highest BCUT2D eigenvalue weighted by atomic mass is 16.6. The molecule has 0 saturated carbocycles. The zero-order chi connectivity index (χ0) is 113. The fourth-order valence-electron chi connectivity index (χ4n) is 10.2. The van der Waals surface area contributed by atoms with Gasteiger partial charge in [-0.2, -0.15) is 0 Å². The molecule has 3 rings (SSSR count). The molecule has 0 heterocycles. The van der Waals surface area contributed by atoms with Crippen LogP contribution in [0.5, 0.6) is 11.5 Å². The lowest BCUT2D eigenvalue weighted by Crippen LogP contribution is -2.43. The maximum absolute atomic E-state index is 13.2. The molecule has 0 aromatic heterocycles. The summed E-state index contributed by atoms with van der Waals surface area (Å²) in [7, 11) is 0. The van der Waals surface area contributed by atoms with Crippen molar-refractivity contribution in [3.8, 4) is 11.5 Å². The maximum atomic E-state index is 13.2. The third-order valence-electron chi connectivity index (χ3n) is 17.2. The lowest BCUT2D eigenvalue weighted by Gasteiger charge is -2.19. The molecular weight excluding hydrogens is 1900 g/mol. The Morgan fingerprint density at radius 3 is 0.753 bits per heavy atom. The van der Waals surface area contributed by atoms with E-state index in [9.17, 15) is 81.5 Å². The van der Waals surface area contributed by atoms with E-state index >= 15 is 0 Å². The van der Waals surface area contributed by atoms with E-state index in [0.29, 0.717) is 129 Å². The SMILES string of the molecule is CC(C)(C)OC(=O)NCCCCC(N)C(=O)NCCNC(=O)c1cc(OCCN)cc(C(=O)NCCNC(=O)[C@@H](N)CCCCN)c1.CC(C)(C)OC(=O)NCCCCC(N)C(=O)NCCNC(=O)c1cc(OCCNC(=O)CCc2ccccc2)cc(C(=O)NCCNC(=O)[C@@H](N)CCCCN)c1.CC(C)(C)OC=O.CC(C)(C)OC=O.CC(C)(C)OC=O.CC(C)(C)OC=O.CC(C)(C)OC=O.CC(C)(C)OC=O. The highest BCUT2D eigenvalue weighted by Gasteiger charge is 2.24. The van der Waals surface area contributed by atoms with E-state index in [1.807, 2.05) is 155 Å². The number of carbonyl (C=O) groups excluding carboxylic acids is 17. The summed E-state index contributed by atoms with van der Waals surface area (Å²) in [5.74, 6) is -2.99. The number of amides is 11. The summed E-state index contributed by atoms with van der Waals surface area (Å²) in [4.78, 5) is 195. The number of unbranched alkanes of at least 4 members (excludes halogenated alkanes) is 4. The van der Waals surface area contributed by atoms with E-state index in [-0.39, 0.29) is 176 Å². The van der Waals surface area contributed by atoms with Crippen molar-refractivity contribution >= 4 is 104 Å². The van der Waals surface area contributed by atoms with Gasteiger partial charge in [0.25, 0.3) is 62.5 Å². The summed E-state index contributed by atoms with van der Waals surface area (Å²) in [6, 6.07) is 15.6. The van der Waals surface area contributed by atoms with Crippen molar-refractivity contribution in [3.05, 3.63) is 94.5 Å². The summed E-state index contributed by atoms with van der Waals surface area (Å²) in [5, 5.41) is 29.7. The lowest BCUT2D eigenvalue weighted by molar-refractivity contribution is -0.139. The van der Waals surface area contributed by atoms with Crippen molar-refractivity contribution in [2.45, 2.75) is 325 Å². The van der Waals surface area contributed by atoms with E-state index in [2.05, 4.69) is 86.9 Å². The monoisotopic (exact) mass is 2080 g/mol. The number of nitrogens with two attached hydrogens (primary N) is 7. The molecule has 45 heteroatoms. The van der Waals surface area contributed by atoms with E-state index in [4.69, 9.17) is 59.1 Å². The Morgan fingerprint density at radius 2 is 0.527 bits per heavy atom. The minimum atomic E-state index is -0.767. The smallest absolute Gasteiger partial charge is 0.407 e. The number of ether oxygens (including phenoxy) is 10. The molecule has 834 valence electrons. The van der Waals surface area contributed by atoms with Crippen LogP contribution in [0.15, 0.2) is 66.7 Å². The normalized spacial score (nSPS) is 11.7. The first-order valence-corrected chi connectivity index (χ1v) is 48.7. The van der Waals surface area contributed by atoms with Gasteiger partial charge in [-0.25, -0.2) is 9.59 Å². The Hall–Kier alpha value is -12.4. The fraction of sp³-hybridized carbons (Fsp3) is 0.653. The van der Waals surface area contributed by atoms with Crippen molar-refractivity contribution in [1.29, 1.82) is 0 Å². The predicted molar refractivity (Wildman–Crippen MR) is 557 cm³/mol. The quantitative estimate of drug-likeness (QED) is 0.0177. The van der Waals surface area contributed by atoms with Gasteiger partial charge in [-0.15, -0.1) is 0 Å². The van der Waals surface area contributed by atoms with Crippen molar-refractivity contribution in [3.63, 3.8) is 0 Å². The standard InChI is InChI=1S/C40H63N9O8.C31H55N9O7.6C5H10O2/c1-40(2,3)57-39(55)49-18-10-8-14-33(43)38(54)48-22-20-46-36(52)30-25-29(35(51)45-19-21-47-37(53)32(42)13-7-9-17-41)26-31(27-30)56-24-23-44-34(50)16-15-28-11-5-4-6-12-28;1-31(2,3)47-30(45)40-12-7-5-9-25(35)29(44)39-16-14-37-27(42)22-18-21(19-23(20-22)46-17-11-33)26(41)36-13-15-38-28(43)24(34)8-4-6-10-32;6*1-5(2,3)7-4-6/h4-6,11-12,25-27,32-33H,7-10,13-24,41-43H2,1-3H3,(H,44,50)(H,45,51)(H,46,52)(H,47,53)(H,48,54)(H,49,55);18-20,24-25H,4-17,32-35H2,1-3H3,(H,36,41)(H,37,42)(H,38,43)(H,39,44)(H,40,45);6*4H,1-3H3/t32-,33?;24-,25?;;;;;;/m00....../s1. The number of aryl methyl sites for hydroxylation is 1. The van der Waals surface area contributed by atoms with Gasteiger partial charge < -0.3 is 146 Å². The Labute approximate surface area is 863 Å². The molecule has 45 nitrogen and oxygen atoms in total. The van der Waals surface area contributed by atoms with Gasteiger partial charge in [-0.05, 0) is 292 Å². The topological polar surface area (TPSA) is 697 Å². The summed E-state index contributed by atoms with van der Waals surface area (Å²) >= 11 is 0. The number of rotatable bonds is 54. The van der Waals surface area contributed by atoms with Crippen molar-refractivity contribution in [2.24, 2.45) is 40.1 Å². The highest BCUT2D eigenvalue weighted by Crippen LogP contribution is 2.21. The molecule has 4 atom stereocenters. The molecule has 146 heavy (non-hydrogen) atoms. The minimum absolute atomic E-state index is 0.0762. The second-order valence-corrected chi connectivity index (χ2v) is 40.3. The molecule has 0 spiro atoms. The molecule has 25 N–H and O–H groups in total. The number of nitrogens with one attached hydrogen (secondary N) is 11. The van der Waals surface area contributed by atoms with Gasteiger partial charge in [0, 0.05) is 101 Å². The van der Waals surface area contributed by atoms with E-state index in [0.717, 1.165) is 31.2 Å². The summed E-state index contributed by atoms with van der Waals surface area (Å²) < 4.78 is 49.0. The van der Waals surface area contributed by atoms with Crippen molar-refractivity contribution < 1.29 is 129 Å². The molecular formula is C101H178N18O27. The van der Waals surface area contributed by atoms with Gasteiger partial charge >= 0.3 is 12.2 Å². The van der Waals surface area contributed by atoms with Gasteiger partial charge in [0.1, 0.15) is 69.5 Å². The van der Waals surface area contributed by atoms with E-state index in [1.165, 1.54) is 36.4 Å². The first-order chi connectivity index (χ1) is 67.8. The molecule has 0 bridgehead atoms. The van der Waals surface area contributed by atoms with Crippen LogP contribution in [-0.4, -0.2) is 278 Å². The van der Waals surface area contributed by atoms with Crippen LogP contribution in [0, 0.1) is 0 Å². The number of carbonyl (C=O) groups is 17. The second-order valence-electron chi connectivity index (χ2n) is 40.3. The van der Waals surface area contributed by atoms with Gasteiger partial charge in [0.05, 0.1) is 30.7 Å². The largest absolute Gasteiger partial charge is 0.492 e. The molecule has 2 unspecified atom stereocenters. The number of benzene rings is 3. The number of hydrogen-bond acceptors (Lipinski definition) is 34. The first-order valence-electron chi connectivity index (χ1n) is 48.7. The van der Waals surface area contributed by atoms with Crippen LogP contribution in [0.2, 0.25) is 0 Å². The van der Waals surface area contributed by atoms with Gasteiger partial charge in [0.15, 0.2) is 0 Å². The average molecular weight is 2080 g/mol. The zero-order valence-electron chi connectivity index (χ0n) is 90.9. The first kappa shape index (κ1) is 142. The maximum Gasteiger partial charge on any atom is 0.407 e. The van der Waals surface area contributed by atoms with Crippen LogP contribution in [0.25, 0.3) is 0 Å². The van der Waals surface area contributed by atoms with Gasteiger partial charge in [-0.3, -0.25) is 71.9 Å². The molecule has 11 amide bonds. The van der Waals surface area contributed by atoms with Crippen LogP contribution in [0.4, 0.5) is 9.59 Å². The Morgan fingerprint density at radius 1 is 0.281 bits per heavy atom. The zero-order valence-corrected chi connectivity index (χ0v) is 90.9. The van der Waals surface area contributed by atoms with Crippen molar-refractivity contribution in [1.82, 2.24) is 58.5 Å². The van der Waals surface area contributed by atoms with Crippen LogP contribution in [-0.2, 0) is 97.1 Å². The average Bonchev–Trinajstić information content (AvgIpc) is 0.838. The molecule has 0 saturated heterocycles. The third kappa shape index (κ3) is 92.7. The van der Waals surface area contributed by atoms with Crippen LogP contribution in [0.1, 0.15) is 297 Å². The van der Waals surface area contributed by atoms with Crippen LogP contribution < -0.4 is 108 Å². The van der Waals surface area contributed by atoms with E-state index in [1.54, 1.807) is 41.5 Å². The van der Waals surface area contributed by atoms with E-state index < -0.39 is 71.2 Å². The molecule has 0 fully saturated rings. The molecule has 0 aliphatic rings. The fourth-order valence-corrected chi connectivity index (χ4v) is 10.2. The number of hydrogen-bond donors (Lipinski definition) is 18. The van der Waals surface area contributed by atoms with Crippen molar-refractivity contribution in [2.75, 3.05) is 105 Å². The Bertz CT molecular complexity index is 4060. The van der Waals surface area contributed by atoms with Gasteiger partial charge in [-0.1, -0.05) is 43.2 Å². The predicted octanol–water partition coefficient (Wildman–Crippen LogP) is 5.93. The number of alkyl carbamates (subject to hydrolysis) is 2. The molecule has 3 aromatic carbocycles. The minimum Gasteiger partial charge on any atom is -0.492 e. The Balaban J connectivity index is -0.000000651. The summed E-state index contributed by atoms with van der Waals surface area (Å²) in [6.45, 7) is 49.7. The van der Waals surface area contributed by atoms with Gasteiger partial charge in [0.2, 0.25) is 29.5 Å². The molecule has 0 radical (unpaired) electrons. The Kier molecular flexibility index (Phi) is 77.6. The third-order valence-corrected chi connectivity index (χ3v) is 17.2. The molecule has 0 aliphatic carbocycles. The summed E-state index contributed by atoms with van der Waals surface area (Å²) in [5.41, 5.74) is 38.9.